The molecule has 3 heterocycles. The van der Waals surface area contributed by atoms with Crippen molar-refractivity contribution >= 4 is 12.0 Å². The Morgan fingerprint density at radius 3 is 2.56 bits per heavy atom. The quantitative estimate of drug-likeness (QED) is 0.555. The van der Waals surface area contributed by atoms with Gasteiger partial charge in [0, 0.05) is 50.1 Å². The lowest BCUT2D eigenvalue weighted by molar-refractivity contribution is -0.00480. The summed E-state index contributed by atoms with van der Waals surface area (Å²) in [5.74, 6) is 0.291. The molecule has 176 valence electrons. The molecule has 34 heavy (non-hydrogen) atoms. The number of amides is 2. The van der Waals surface area contributed by atoms with Crippen molar-refractivity contribution in [3.63, 3.8) is 0 Å². The number of carbonyl (C=O) groups is 2. The van der Waals surface area contributed by atoms with Crippen molar-refractivity contribution in [3.05, 3.63) is 90.0 Å². The maximum atomic E-state index is 13.2. The number of hydrogen-bond donors (Lipinski definition) is 0. The molecule has 2 aliphatic heterocycles. The first-order valence-electron chi connectivity index (χ1n) is 11.9. The number of piperidine rings is 1. The Morgan fingerprint density at radius 1 is 1.06 bits per heavy atom. The minimum atomic E-state index is -0.522. The molecule has 0 N–H and O–H groups in total. The maximum Gasteiger partial charge on any atom is 0.410 e. The molecule has 0 aliphatic carbocycles. The minimum Gasteiger partial charge on any atom is -0.441 e. The molecule has 2 aliphatic rings. The Kier molecular flexibility index (Phi) is 6.09. The van der Waals surface area contributed by atoms with Crippen molar-refractivity contribution < 1.29 is 14.3 Å². The molecule has 2 amide bonds. The predicted molar refractivity (Wildman–Crippen MR) is 128 cm³/mol. The van der Waals surface area contributed by atoms with Crippen molar-refractivity contribution in [3.8, 4) is 0 Å². The van der Waals surface area contributed by atoms with Gasteiger partial charge < -0.3 is 14.2 Å². The molecule has 1 unspecified atom stereocenters. The van der Waals surface area contributed by atoms with E-state index in [1.165, 1.54) is 0 Å². The number of benzene rings is 2. The molecule has 0 spiro atoms. The molecular formula is C27H30N4O3. The zero-order valence-electron chi connectivity index (χ0n) is 19.5. The molecule has 2 saturated heterocycles. The van der Waals surface area contributed by atoms with Crippen LogP contribution in [0.2, 0.25) is 0 Å². The summed E-state index contributed by atoms with van der Waals surface area (Å²) in [6, 6.07) is 17.8. The number of nitrogens with zero attached hydrogens (tertiary/aromatic N) is 4. The van der Waals surface area contributed by atoms with Gasteiger partial charge in [0.05, 0.1) is 12.9 Å². The number of imidazole rings is 1. The number of aromatic nitrogens is 2. The van der Waals surface area contributed by atoms with E-state index in [0.29, 0.717) is 38.3 Å². The van der Waals surface area contributed by atoms with Crippen molar-refractivity contribution in [2.75, 3.05) is 19.6 Å². The van der Waals surface area contributed by atoms with E-state index in [1.54, 1.807) is 17.4 Å². The van der Waals surface area contributed by atoms with Gasteiger partial charge in [-0.2, -0.15) is 0 Å². The Morgan fingerprint density at radius 2 is 1.82 bits per heavy atom. The zero-order valence-corrected chi connectivity index (χ0v) is 19.5. The van der Waals surface area contributed by atoms with E-state index in [1.807, 2.05) is 77.2 Å². The monoisotopic (exact) mass is 458 g/mol. The Hall–Kier alpha value is -3.61. The van der Waals surface area contributed by atoms with E-state index in [9.17, 15) is 9.59 Å². The first-order chi connectivity index (χ1) is 16.5. The van der Waals surface area contributed by atoms with Crippen LogP contribution in [0.5, 0.6) is 0 Å². The fourth-order valence-electron chi connectivity index (χ4n) is 5.15. The van der Waals surface area contributed by atoms with E-state index in [-0.39, 0.29) is 17.9 Å². The molecule has 2 fully saturated rings. The summed E-state index contributed by atoms with van der Waals surface area (Å²) in [5, 5.41) is 0. The second kappa shape index (κ2) is 9.33. The first kappa shape index (κ1) is 22.2. The maximum absolute atomic E-state index is 13.2. The van der Waals surface area contributed by atoms with E-state index in [0.717, 1.165) is 24.0 Å². The Balaban J connectivity index is 1.18. The van der Waals surface area contributed by atoms with Crippen molar-refractivity contribution in [1.29, 1.82) is 0 Å². The van der Waals surface area contributed by atoms with Gasteiger partial charge in [0.15, 0.2) is 0 Å². The topological polar surface area (TPSA) is 67.7 Å². The smallest absolute Gasteiger partial charge is 0.410 e. The highest BCUT2D eigenvalue weighted by Gasteiger charge is 2.47. The summed E-state index contributed by atoms with van der Waals surface area (Å²) in [6.45, 7) is 5.20. The number of cyclic esters (lactones) is 1. The van der Waals surface area contributed by atoms with Gasteiger partial charge in [-0.05, 0) is 43.0 Å². The summed E-state index contributed by atoms with van der Waals surface area (Å²) in [5.41, 5.74) is 2.36. The van der Waals surface area contributed by atoms with Crippen molar-refractivity contribution in [2.24, 2.45) is 5.92 Å². The lowest BCUT2D eigenvalue weighted by Crippen LogP contribution is -2.47. The van der Waals surface area contributed by atoms with Crippen LogP contribution < -0.4 is 0 Å². The van der Waals surface area contributed by atoms with Crippen molar-refractivity contribution in [2.45, 2.75) is 38.5 Å². The summed E-state index contributed by atoms with van der Waals surface area (Å²) >= 11 is 0. The van der Waals surface area contributed by atoms with E-state index in [2.05, 4.69) is 4.98 Å². The predicted octanol–water partition coefficient (Wildman–Crippen LogP) is 4.19. The van der Waals surface area contributed by atoms with E-state index >= 15 is 0 Å². The molecule has 5 rings (SSSR count). The first-order valence-corrected chi connectivity index (χ1v) is 11.9. The van der Waals surface area contributed by atoms with Crippen LogP contribution in [0, 0.1) is 5.92 Å². The summed E-state index contributed by atoms with van der Waals surface area (Å²) < 4.78 is 7.88. The Bertz CT molecular complexity index is 1140. The fraction of sp³-hybridized carbons (Fsp3) is 0.370. The number of carbonyl (C=O) groups excluding carboxylic acids is 2. The van der Waals surface area contributed by atoms with Gasteiger partial charge in [-0.3, -0.25) is 9.69 Å². The lowest BCUT2D eigenvalue weighted by Gasteiger charge is -2.39. The molecule has 7 nitrogen and oxygen atoms in total. The number of likely N-dealkylation sites (tertiary alicyclic amines) is 1. The molecule has 2 aromatic carbocycles. The van der Waals surface area contributed by atoms with E-state index in [4.69, 9.17) is 4.74 Å². The fourth-order valence-corrected chi connectivity index (χ4v) is 5.15. The number of ether oxygens (including phenoxy) is 1. The average Bonchev–Trinajstić information content (AvgIpc) is 3.47. The standard InChI is InChI=1S/C27H30N4O3/c1-27(19-31(26(33)34-27)18-21-6-3-2-4-7-21)24-10-13-30(14-11-24)25(32)23-9-5-8-22(16-23)17-29-15-12-28-20-29/h2-9,12,15-16,20,24H,10-11,13-14,17-19H2,1H3. The molecule has 0 saturated carbocycles. The number of rotatable bonds is 6. The normalized spacial score (nSPS) is 21.0. The molecule has 1 aromatic heterocycles. The minimum absolute atomic E-state index is 0.0604. The summed E-state index contributed by atoms with van der Waals surface area (Å²) in [7, 11) is 0. The van der Waals surface area contributed by atoms with Gasteiger partial charge in [-0.25, -0.2) is 9.78 Å². The number of hydrogen-bond acceptors (Lipinski definition) is 4. The highest BCUT2D eigenvalue weighted by Crippen LogP contribution is 2.37. The average molecular weight is 459 g/mol. The van der Waals surface area contributed by atoms with Crippen LogP contribution in [0.4, 0.5) is 4.79 Å². The third-order valence-electron chi connectivity index (χ3n) is 7.04. The van der Waals surface area contributed by atoms with Gasteiger partial charge >= 0.3 is 6.09 Å². The van der Waals surface area contributed by atoms with Gasteiger partial charge in [-0.1, -0.05) is 42.5 Å². The summed E-state index contributed by atoms with van der Waals surface area (Å²) in [4.78, 5) is 33.6. The van der Waals surface area contributed by atoms with Gasteiger partial charge in [0.2, 0.25) is 0 Å². The molecule has 1 atom stereocenters. The largest absolute Gasteiger partial charge is 0.441 e. The van der Waals surface area contributed by atoms with Crippen LogP contribution in [-0.2, 0) is 17.8 Å². The molecule has 7 heteroatoms. The third-order valence-corrected chi connectivity index (χ3v) is 7.04. The van der Waals surface area contributed by atoms with Crippen LogP contribution in [0.1, 0.15) is 41.3 Å². The van der Waals surface area contributed by atoms with E-state index < -0.39 is 5.60 Å². The second-order valence-electron chi connectivity index (χ2n) is 9.52. The van der Waals surface area contributed by atoms with Crippen LogP contribution in [-0.4, -0.2) is 56.6 Å². The third kappa shape index (κ3) is 4.69. The van der Waals surface area contributed by atoms with Crippen LogP contribution >= 0.6 is 0 Å². The highest BCUT2D eigenvalue weighted by molar-refractivity contribution is 5.94. The molecular weight excluding hydrogens is 428 g/mol. The lowest BCUT2D eigenvalue weighted by atomic mass is 9.81. The van der Waals surface area contributed by atoms with Crippen molar-refractivity contribution in [1.82, 2.24) is 19.4 Å². The Labute approximate surface area is 200 Å². The highest BCUT2D eigenvalue weighted by atomic mass is 16.6. The second-order valence-corrected chi connectivity index (χ2v) is 9.52. The molecule has 0 bridgehead atoms. The van der Waals surface area contributed by atoms with Gasteiger partial charge in [-0.15, -0.1) is 0 Å². The van der Waals surface area contributed by atoms with Gasteiger partial charge in [0.1, 0.15) is 5.60 Å². The SMILES string of the molecule is CC1(C2CCN(C(=O)c3cccc(Cn4ccnc4)c3)CC2)CN(Cc2ccccc2)C(=O)O1. The molecule has 3 aromatic rings. The van der Waals surface area contributed by atoms with Gasteiger partial charge in [0.25, 0.3) is 5.91 Å². The summed E-state index contributed by atoms with van der Waals surface area (Å²) in [6.07, 6.45) is 6.84. The van der Waals surface area contributed by atoms with Crippen LogP contribution in [0.25, 0.3) is 0 Å². The zero-order chi connectivity index (χ0) is 23.5. The van der Waals surface area contributed by atoms with Crippen LogP contribution in [0.15, 0.2) is 73.3 Å². The molecule has 0 radical (unpaired) electrons. The van der Waals surface area contributed by atoms with Crippen LogP contribution in [0.3, 0.4) is 0 Å².